The van der Waals surface area contributed by atoms with Crippen LogP contribution in [0.1, 0.15) is 19.3 Å². The Balaban J connectivity index is 1.29. The number of nitrogens with zero attached hydrogens (tertiary/aromatic N) is 3. The first-order chi connectivity index (χ1) is 12.3. The maximum Gasteiger partial charge on any atom is 0.224 e. The van der Waals surface area contributed by atoms with Gasteiger partial charge in [0.2, 0.25) is 5.91 Å². The second-order valence-electron chi connectivity index (χ2n) is 6.40. The van der Waals surface area contributed by atoms with Gasteiger partial charge in [0.15, 0.2) is 5.79 Å². The third-order valence-electron chi connectivity index (χ3n) is 4.87. The van der Waals surface area contributed by atoms with Gasteiger partial charge in [-0.3, -0.25) is 4.79 Å². The van der Waals surface area contributed by atoms with Crippen molar-refractivity contribution in [2.75, 3.05) is 38.2 Å². The van der Waals surface area contributed by atoms with Gasteiger partial charge in [0.1, 0.15) is 12.1 Å². The minimum Gasteiger partial charge on any atom is -0.369 e. The van der Waals surface area contributed by atoms with Crippen LogP contribution in [0.4, 0.5) is 5.82 Å². The summed E-state index contributed by atoms with van der Waals surface area (Å²) in [6.45, 7) is 3.24. The molecule has 1 spiro atoms. The molecule has 0 atom stereocenters. The quantitative estimate of drug-likeness (QED) is 0.913. The molecule has 4 rings (SSSR count). The van der Waals surface area contributed by atoms with Crippen LogP contribution in [-0.2, 0) is 14.3 Å². The Morgan fingerprint density at radius 2 is 1.92 bits per heavy atom. The van der Waals surface area contributed by atoms with Crippen molar-refractivity contribution >= 4 is 22.6 Å². The molecule has 25 heavy (non-hydrogen) atoms. The minimum atomic E-state index is -0.436. The molecule has 1 aromatic heterocycles. The molecule has 2 aliphatic heterocycles. The fourth-order valence-corrected chi connectivity index (χ4v) is 3.47. The van der Waals surface area contributed by atoms with Gasteiger partial charge in [0.05, 0.1) is 18.7 Å². The van der Waals surface area contributed by atoms with Crippen molar-refractivity contribution in [3.8, 4) is 0 Å². The molecule has 2 fully saturated rings. The first-order valence-electron chi connectivity index (χ1n) is 8.75. The maximum absolute atomic E-state index is 12.4. The second kappa shape index (κ2) is 6.93. The highest BCUT2D eigenvalue weighted by molar-refractivity contribution is 5.88. The Labute approximate surface area is 146 Å². The van der Waals surface area contributed by atoms with Gasteiger partial charge < -0.3 is 19.7 Å². The summed E-state index contributed by atoms with van der Waals surface area (Å²) >= 11 is 0. The van der Waals surface area contributed by atoms with E-state index in [2.05, 4.69) is 15.3 Å². The molecule has 7 nitrogen and oxygen atoms in total. The van der Waals surface area contributed by atoms with E-state index in [1.54, 1.807) is 0 Å². The van der Waals surface area contributed by atoms with Crippen LogP contribution in [-0.4, -0.2) is 59.4 Å². The molecule has 0 bridgehead atoms. The number of ether oxygens (including phenoxy) is 2. The van der Waals surface area contributed by atoms with Gasteiger partial charge in [-0.1, -0.05) is 12.1 Å². The largest absolute Gasteiger partial charge is 0.369 e. The Bertz CT molecular complexity index is 746. The number of para-hydroxylation sites is 1. The standard InChI is InChI=1S/C18H22N4O3/c23-16(22-9-6-18(7-10-22)24-11-12-25-18)5-8-19-17-14-3-1-2-4-15(14)20-13-21-17/h1-4,13H,5-12H2,(H,19,20,21). The molecule has 1 aromatic carbocycles. The van der Waals surface area contributed by atoms with Gasteiger partial charge in [-0.2, -0.15) is 0 Å². The summed E-state index contributed by atoms with van der Waals surface area (Å²) in [5, 5.41) is 4.22. The average Bonchev–Trinajstić information content (AvgIpc) is 3.10. The van der Waals surface area contributed by atoms with Crippen LogP contribution >= 0.6 is 0 Å². The molecule has 1 amide bonds. The highest BCUT2D eigenvalue weighted by atomic mass is 16.7. The Morgan fingerprint density at radius 3 is 2.72 bits per heavy atom. The van der Waals surface area contributed by atoms with Crippen molar-refractivity contribution in [1.82, 2.24) is 14.9 Å². The van der Waals surface area contributed by atoms with Gasteiger partial charge in [-0.25, -0.2) is 9.97 Å². The minimum absolute atomic E-state index is 0.152. The van der Waals surface area contributed by atoms with E-state index in [0.717, 1.165) is 29.6 Å². The topological polar surface area (TPSA) is 76.6 Å². The molecule has 1 N–H and O–H groups in total. The van der Waals surface area contributed by atoms with Gasteiger partial charge in [-0.05, 0) is 12.1 Å². The number of aromatic nitrogens is 2. The third kappa shape index (κ3) is 3.43. The number of rotatable bonds is 4. The molecule has 0 saturated carbocycles. The molecule has 3 heterocycles. The fourth-order valence-electron chi connectivity index (χ4n) is 3.47. The Kier molecular flexibility index (Phi) is 4.50. The number of hydrogen-bond donors (Lipinski definition) is 1. The lowest BCUT2D eigenvalue weighted by molar-refractivity contribution is -0.187. The van der Waals surface area contributed by atoms with E-state index in [0.29, 0.717) is 39.3 Å². The van der Waals surface area contributed by atoms with Gasteiger partial charge >= 0.3 is 0 Å². The number of piperidine rings is 1. The molecule has 0 unspecified atom stereocenters. The van der Waals surface area contributed by atoms with E-state index in [1.807, 2.05) is 29.2 Å². The van der Waals surface area contributed by atoms with Crippen molar-refractivity contribution in [2.24, 2.45) is 0 Å². The zero-order valence-corrected chi connectivity index (χ0v) is 14.1. The lowest BCUT2D eigenvalue weighted by Crippen LogP contribution is -2.47. The molecule has 0 aliphatic carbocycles. The summed E-state index contributed by atoms with van der Waals surface area (Å²) in [6.07, 6.45) is 3.48. The summed E-state index contributed by atoms with van der Waals surface area (Å²) in [4.78, 5) is 22.9. The van der Waals surface area contributed by atoms with Crippen LogP contribution in [0.2, 0.25) is 0 Å². The number of amides is 1. The van der Waals surface area contributed by atoms with Crippen molar-refractivity contribution in [3.63, 3.8) is 0 Å². The first kappa shape index (κ1) is 16.2. The van der Waals surface area contributed by atoms with Crippen LogP contribution < -0.4 is 5.32 Å². The van der Waals surface area contributed by atoms with Crippen molar-refractivity contribution < 1.29 is 14.3 Å². The van der Waals surface area contributed by atoms with E-state index in [1.165, 1.54) is 6.33 Å². The number of carbonyl (C=O) groups excluding carboxylic acids is 1. The fraction of sp³-hybridized carbons (Fsp3) is 0.500. The van der Waals surface area contributed by atoms with E-state index in [9.17, 15) is 4.79 Å². The van der Waals surface area contributed by atoms with Crippen LogP contribution in [0.25, 0.3) is 10.9 Å². The van der Waals surface area contributed by atoms with Crippen molar-refractivity contribution in [3.05, 3.63) is 30.6 Å². The zero-order chi connectivity index (χ0) is 17.1. The molecule has 2 aromatic rings. The highest BCUT2D eigenvalue weighted by Crippen LogP contribution is 2.31. The highest BCUT2D eigenvalue weighted by Gasteiger charge is 2.40. The van der Waals surface area contributed by atoms with E-state index >= 15 is 0 Å². The number of fused-ring (bicyclic) bond motifs is 1. The molecule has 7 heteroatoms. The van der Waals surface area contributed by atoms with Gasteiger partial charge in [0.25, 0.3) is 0 Å². The number of anilines is 1. The SMILES string of the molecule is O=C(CCNc1ncnc2ccccc12)N1CCC2(CC1)OCCO2. The number of benzene rings is 1. The van der Waals surface area contributed by atoms with Crippen LogP contribution in [0, 0.1) is 0 Å². The molecule has 2 saturated heterocycles. The lowest BCUT2D eigenvalue weighted by atomic mass is 10.0. The summed E-state index contributed by atoms with van der Waals surface area (Å²) in [5.41, 5.74) is 0.893. The predicted octanol–water partition coefficient (Wildman–Crippen LogP) is 1.80. The lowest BCUT2D eigenvalue weighted by Gasteiger charge is -2.37. The molecular weight excluding hydrogens is 320 g/mol. The van der Waals surface area contributed by atoms with Crippen LogP contribution in [0.3, 0.4) is 0 Å². The summed E-state index contributed by atoms with van der Waals surface area (Å²) < 4.78 is 11.4. The van der Waals surface area contributed by atoms with Crippen LogP contribution in [0.5, 0.6) is 0 Å². The predicted molar refractivity (Wildman–Crippen MR) is 93.1 cm³/mol. The average molecular weight is 342 g/mol. The number of hydrogen-bond acceptors (Lipinski definition) is 6. The third-order valence-corrected chi connectivity index (χ3v) is 4.87. The number of likely N-dealkylation sites (tertiary alicyclic amines) is 1. The van der Waals surface area contributed by atoms with E-state index in [4.69, 9.17) is 9.47 Å². The number of nitrogens with one attached hydrogen (secondary N) is 1. The van der Waals surface area contributed by atoms with E-state index in [-0.39, 0.29) is 5.91 Å². The van der Waals surface area contributed by atoms with Gasteiger partial charge in [0, 0.05) is 44.3 Å². The summed E-state index contributed by atoms with van der Waals surface area (Å²) in [7, 11) is 0. The van der Waals surface area contributed by atoms with Crippen molar-refractivity contribution in [1.29, 1.82) is 0 Å². The van der Waals surface area contributed by atoms with Crippen LogP contribution in [0.15, 0.2) is 30.6 Å². The second-order valence-corrected chi connectivity index (χ2v) is 6.40. The maximum atomic E-state index is 12.4. The molecule has 0 radical (unpaired) electrons. The monoisotopic (exact) mass is 342 g/mol. The summed E-state index contributed by atoms with van der Waals surface area (Å²) in [6, 6.07) is 7.83. The Morgan fingerprint density at radius 1 is 1.16 bits per heavy atom. The van der Waals surface area contributed by atoms with Crippen molar-refractivity contribution in [2.45, 2.75) is 25.0 Å². The Hall–Kier alpha value is -2.25. The molecular formula is C18H22N4O3. The zero-order valence-electron chi connectivity index (χ0n) is 14.1. The normalized spacial score (nSPS) is 19.4. The molecule has 132 valence electrons. The first-order valence-corrected chi connectivity index (χ1v) is 8.75. The van der Waals surface area contributed by atoms with E-state index < -0.39 is 5.79 Å². The molecule has 2 aliphatic rings. The smallest absolute Gasteiger partial charge is 0.224 e. The number of carbonyl (C=O) groups is 1. The van der Waals surface area contributed by atoms with Gasteiger partial charge in [-0.15, -0.1) is 0 Å². The summed E-state index contributed by atoms with van der Waals surface area (Å²) in [5.74, 6) is 0.483.